The van der Waals surface area contributed by atoms with Crippen molar-refractivity contribution in [3.8, 4) is 0 Å². The van der Waals surface area contributed by atoms with Gasteiger partial charge >= 0.3 is 5.97 Å². The molecule has 0 unspecified atom stereocenters. The molecule has 0 aromatic heterocycles. The predicted molar refractivity (Wildman–Crippen MR) is 99.7 cm³/mol. The smallest absolute Gasteiger partial charge is 0.331 e. The largest absolute Gasteiger partial charge is 0.449 e. The van der Waals surface area contributed by atoms with Crippen LogP contribution in [0.5, 0.6) is 0 Å². The lowest BCUT2D eigenvalue weighted by Gasteiger charge is -2.13. The number of benzene rings is 2. The van der Waals surface area contributed by atoms with Crippen LogP contribution < -0.4 is 10.9 Å². The summed E-state index contributed by atoms with van der Waals surface area (Å²) in [5.41, 5.74) is 5.24. The fourth-order valence-corrected chi connectivity index (χ4v) is 2.02. The van der Waals surface area contributed by atoms with Crippen molar-refractivity contribution in [2.24, 2.45) is 0 Å². The maximum Gasteiger partial charge on any atom is 0.331 e. The monoisotopic (exact) mass is 383 g/mol. The molecular weight excluding hydrogens is 366 g/mol. The minimum Gasteiger partial charge on any atom is -0.449 e. The van der Waals surface area contributed by atoms with Crippen molar-refractivity contribution in [2.75, 3.05) is 0 Å². The van der Waals surface area contributed by atoms with E-state index in [-0.39, 0.29) is 5.69 Å². The summed E-state index contributed by atoms with van der Waals surface area (Å²) in [4.78, 5) is 45.6. The molecule has 0 aliphatic rings. The van der Waals surface area contributed by atoms with E-state index in [4.69, 9.17) is 4.74 Å². The number of nitro benzene ring substituents is 1. The summed E-state index contributed by atoms with van der Waals surface area (Å²) in [7, 11) is 0. The lowest BCUT2D eigenvalue weighted by Crippen LogP contribution is -2.46. The number of rotatable bonds is 6. The van der Waals surface area contributed by atoms with E-state index < -0.39 is 28.8 Å². The van der Waals surface area contributed by atoms with E-state index in [0.29, 0.717) is 11.1 Å². The van der Waals surface area contributed by atoms with E-state index in [1.807, 2.05) is 0 Å². The van der Waals surface area contributed by atoms with Crippen molar-refractivity contribution < 1.29 is 24.0 Å². The Balaban J connectivity index is 1.81. The fourth-order valence-electron chi connectivity index (χ4n) is 2.02. The van der Waals surface area contributed by atoms with E-state index in [1.165, 1.54) is 37.3 Å². The van der Waals surface area contributed by atoms with E-state index in [1.54, 1.807) is 30.3 Å². The quantitative estimate of drug-likeness (QED) is 0.340. The van der Waals surface area contributed by atoms with Gasteiger partial charge in [0, 0.05) is 23.8 Å². The van der Waals surface area contributed by atoms with Gasteiger partial charge in [0.2, 0.25) is 0 Å². The van der Waals surface area contributed by atoms with Crippen molar-refractivity contribution in [3.05, 3.63) is 81.9 Å². The third-order valence-corrected chi connectivity index (χ3v) is 3.51. The molecule has 28 heavy (non-hydrogen) atoms. The highest BCUT2D eigenvalue weighted by Crippen LogP contribution is 2.12. The second-order valence-electron chi connectivity index (χ2n) is 5.57. The molecule has 2 amide bonds. The molecule has 0 fully saturated rings. The standard InChI is InChI=1S/C19H17N3O6/c1-13(18(24)20-21-19(25)15-5-3-2-4-6-15)28-17(23)12-9-14-7-10-16(11-8-14)22(26)27/h2-13H,1H3,(H,20,24)(H,21,25)/b12-9+/t13-/m0/s1. The van der Waals surface area contributed by atoms with Crippen LogP contribution in [0, 0.1) is 10.1 Å². The molecule has 0 bridgehead atoms. The van der Waals surface area contributed by atoms with Gasteiger partial charge in [-0.2, -0.15) is 0 Å². The van der Waals surface area contributed by atoms with E-state index in [2.05, 4.69) is 10.9 Å². The number of esters is 1. The predicted octanol–water partition coefficient (Wildman–Crippen LogP) is 2.00. The molecule has 2 rings (SSSR count). The van der Waals surface area contributed by atoms with Crippen molar-refractivity contribution in [1.29, 1.82) is 0 Å². The molecule has 0 aliphatic carbocycles. The van der Waals surface area contributed by atoms with Crippen LogP contribution in [0.25, 0.3) is 6.08 Å². The van der Waals surface area contributed by atoms with Gasteiger partial charge in [0.1, 0.15) is 0 Å². The Hall–Kier alpha value is -4.01. The minimum absolute atomic E-state index is 0.0671. The third-order valence-electron chi connectivity index (χ3n) is 3.51. The van der Waals surface area contributed by atoms with Crippen LogP contribution in [0.2, 0.25) is 0 Å². The number of hydrazine groups is 1. The average Bonchev–Trinajstić information content (AvgIpc) is 2.71. The number of ether oxygens (including phenoxy) is 1. The van der Waals surface area contributed by atoms with Crippen LogP contribution in [0.3, 0.4) is 0 Å². The highest BCUT2D eigenvalue weighted by atomic mass is 16.6. The second-order valence-corrected chi connectivity index (χ2v) is 5.57. The Kier molecular flexibility index (Phi) is 6.98. The van der Waals surface area contributed by atoms with Gasteiger partial charge in [-0.3, -0.25) is 30.6 Å². The molecular formula is C19H17N3O6. The third kappa shape index (κ3) is 6.06. The number of nitro groups is 1. The summed E-state index contributed by atoms with van der Waals surface area (Å²) in [6, 6.07) is 13.8. The molecule has 1 atom stereocenters. The molecule has 0 aliphatic heterocycles. The van der Waals surface area contributed by atoms with Crippen LogP contribution in [-0.2, 0) is 14.3 Å². The Bertz CT molecular complexity index is 894. The number of non-ortho nitro benzene ring substituents is 1. The topological polar surface area (TPSA) is 128 Å². The van der Waals surface area contributed by atoms with Gasteiger partial charge in [0.15, 0.2) is 6.10 Å². The highest BCUT2D eigenvalue weighted by molar-refractivity contribution is 5.96. The first-order valence-corrected chi connectivity index (χ1v) is 8.15. The van der Waals surface area contributed by atoms with Crippen molar-refractivity contribution in [3.63, 3.8) is 0 Å². The maximum absolute atomic E-state index is 11.9. The zero-order valence-electron chi connectivity index (χ0n) is 14.8. The van der Waals surface area contributed by atoms with Gasteiger partial charge in [-0.25, -0.2) is 4.79 Å². The van der Waals surface area contributed by atoms with Gasteiger partial charge in [0.05, 0.1) is 4.92 Å². The number of hydrogen-bond acceptors (Lipinski definition) is 6. The Labute approximate surface area is 160 Å². The van der Waals surface area contributed by atoms with Gasteiger partial charge in [0.25, 0.3) is 17.5 Å². The van der Waals surface area contributed by atoms with Crippen LogP contribution in [0.15, 0.2) is 60.7 Å². The number of hydrogen-bond donors (Lipinski definition) is 2. The summed E-state index contributed by atoms with van der Waals surface area (Å²) >= 11 is 0. The number of carbonyl (C=O) groups is 3. The van der Waals surface area contributed by atoms with E-state index >= 15 is 0 Å². The lowest BCUT2D eigenvalue weighted by atomic mass is 10.2. The summed E-state index contributed by atoms with van der Waals surface area (Å²) in [5, 5.41) is 10.6. The zero-order chi connectivity index (χ0) is 20.5. The summed E-state index contributed by atoms with van der Waals surface area (Å²) in [6.07, 6.45) is 1.34. The molecule has 144 valence electrons. The molecule has 0 saturated heterocycles. The van der Waals surface area contributed by atoms with Gasteiger partial charge in [-0.1, -0.05) is 18.2 Å². The summed E-state index contributed by atoms with van der Waals surface area (Å²) in [6.45, 7) is 1.35. The van der Waals surface area contributed by atoms with Crippen LogP contribution in [0.4, 0.5) is 5.69 Å². The van der Waals surface area contributed by atoms with Crippen LogP contribution in [-0.4, -0.2) is 28.8 Å². The molecule has 0 radical (unpaired) electrons. The molecule has 2 aromatic rings. The van der Waals surface area contributed by atoms with Crippen molar-refractivity contribution in [2.45, 2.75) is 13.0 Å². The molecule has 0 saturated carbocycles. The normalized spacial score (nSPS) is 11.5. The van der Waals surface area contributed by atoms with E-state index in [0.717, 1.165) is 6.08 Å². The minimum atomic E-state index is -1.15. The molecule has 9 heteroatoms. The van der Waals surface area contributed by atoms with Crippen molar-refractivity contribution in [1.82, 2.24) is 10.9 Å². The van der Waals surface area contributed by atoms with Gasteiger partial charge in [-0.15, -0.1) is 0 Å². The zero-order valence-corrected chi connectivity index (χ0v) is 14.8. The number of amides is 2. The number of nitrogens with one attached hydrogen (secondary N) is 2. The Morgan fingerprint density at radius 3 is 2.29 bits per heavy atom. The van der Waals surface area contributed by atoms with Crippen LogP contribution >= 0.6 is 0 Å². The van der Waals surface area contributed by atoms with Gasteiger partial charge < -0.3 is 4.74 Å². The number of nitrogens with zero attached hydrogens (tertiary/aromatic N) is 1. The average molecular weight is 383 g/mol. The maximum atomic E-state index is 11.9. The molecule has 2 N–H and O–H groups in total. The summed E-state index contributed by atoms with van der Waals surface area (Å²) in [5.74, 6) is -2.00. The Morgan fingerprint density at radius 1 is 1.04 bits per heavy atom. The van der Waals surface area contributed by atoms with Crippen LogP contribution in [0.1, 0.15) is 22.8 Å². The first kappa shape index (κ1) is 20.3. The molecule has 2 aromatic carbocycles. The van der Waals surface area contributed by atoms with Gasteiger partial charge in [-0.05, 0) is 42.8 Å². The Morgan fingerprint density at radius 2 is 1.68 bits per heavy atom. The first-order valence-electron chi connectivity index (χ1n) is 8.15. The number of carbonyl (C=O) groups excluding carboxylic acids is 3. The molecule has 9 nitrogen and oxygen atoms in total. The fraction of sp³-hybridized carbons (Fsp3) is 0.105. The molecule has 0 spiro atoms. The van der Waals surface area contributed by atoms with E-state index in [9.17, 15) is 24.5 Å². The lowest BCUT2D eigenvalue weighted by molar-refractivity contribution is -0.384. The second kappa shape index (κ2) is 9.62. The first-order chi connectivity index (χ1) is 13.4. The summed E-state index contributed by atoms with van der Waals surface area (Å²) < 4.78 is 4.94. The SMILES string of the molecule is C[C@H](OC(=O)/C=C/c1ccc([N+](=O)[O-])cc1)C(=O)NNC(=O)c1ccccc1. The highest BCUT2D eigenvalue weighted by Gasteiger charge is 2.17. The van der Waals surface area contributed by atoms with Crippen molar-refractivity contribution >= 4 is 29.5 Å². The molecule has 0 heterocycles.